The summed E-state index contributed by atoms with van der Waals surface area (Å²) >= 11 is 0. The first-order valence-corrected chi connectivity index (χ1v) is 5.84. The molecule has 0 atom stereocenters. The maximum Gasteiger partial charge on any atom is 0.122 e. The predicted molar refractivity (Wildman–Crippen MR) is 66.3 cm³/mol. The van der Waals surface area contributed by atoms with Crippen LogP contribution < -0.4 is 4.74 Å². The molecule has 0 aromatic heterocycles. The van der Waals surface area contributed by atoms with Crippen molar-refractivity contribution in [2.45, 2.75) is 39.5 Å². The fraction of sp³-hybridized carbons (Fsp3) is 0.538. The monoisotopic (exact) mass is 221 g/mol. The minimum absolute atomic E-state index is 0.454. The summed E-state index contributed by atoms with van der Waals surface area (Å²) in [5.41, 5.74) is 1.42. The van der Waals surface area contributed by atoms with Crippen LogP contribution in [0.4, 0.5) is 5.69 Å². The molecule has 3 heteroatoms. The summed E-state index contributed by atoms with van der Waals surface area (Å²) in [6, 6.07) is 5.24. The van der Waals surface area contributed by atoms with Crippen LogP contribution in [-0.4, -0.2) is 6.61 Å². The topological polar surface area (TPSA) is 38.7 Å². The lowest BCUT2D eigenvalue weighted by Gasteiger charge is -2.08. The van der Waals surface area contributed by atoms with Crippen molar-refractivity contribution >= 4 is 5.69 Å². The molecule has 1 aromatic carbocycles. The van der Waals surface area contributed by atoms with Gasteiger partial charge in [0.2, 0.25) is 0 Å². The number of hydrogen-bond donors (Lipinski definition) is 0. The quantitative estimate of drug-likeness (QED) is 0.507. The second-order valence-corrected chi connectivity index (χ2v) is 3.95. The Bertz CT molecular complexity index is 337. The molecule has 3 nitrogen and oxygen atoms in total. The highest BCUT2D eigenvalue weighted by Gasteiger charge is 2.01. The Labute approximate surface area is 96.8 Å². The summed E-state index contributed by atoms with van der Waals surface area (Å²) in [5, 5.41) is 2.89. The van der Waals surface area contributed by atoms with Gasteiger partial charge in [-0.2, -0.15) is 0 Å². The minimum atomic E-state index is 0.454. The molecule has 0 aliphatic heterocycles. The zero-order valence-electron chi connectivity index (χ0n) is 10.0. The Kier molecular flexibility index (Phi) is 5.54. The average Bonchev–Trinajstić information content (AvgIpc) is 2.30. The van der Waals surface area contributed by atoms with Gasteiger partial charge in [0, 0.05) is 0 Å². The smallest absolute Gasteiger partial charge is 0.122 e. The molecule has 0 saturated carbocycles. The second kappa shape index (κ2) is 6.99. The zero-order valence-corrected chi connectivity index (χ0v) is 10.0. The van der Waals surface area contributed by atoms with E-state index in [4.69, 9.17) is 4.74 Å². The van der Waals surface area contributed by atoms with Crippen LogP contribution in [0.15, 0.2) is 23.4 Å². The van der Waals surface area contributed by atoms with Gasteiger partial charge in [-0.3, -0.25) is 0 Å². The van der Waals surface area contributed by atoms with Crippen LogP contribution in [0.2, 0.25) is 0 Å². The Morgan fingerprint density at radius 2 is 2.06 bits per heavy atom. The molecule has 0 N–H and O–H groups in total. The van der Waals surface area contributed by atoms with Gasteiger partial charge >= 0.3 is 0 Å². The molecule has 1 rings (SSSR count). The van der Waals surface area contributed by atoms with Crippen LogP contribution in [-0.2, 0) is 0 Å². The number of ether oxygens (including phenoxy) is 1. The van der Waals surface area contributed by atoms with Crippen molar-refractivity contribution < 1.29 is 4.74 Å². The van der Waals surface area contributed by atoms with Gasteiger partial charge in [0.25, 0.3) is 0 Å². The molecule has 0 bridgehead atoms. The van der Waals surface area contributed by atoms with E-state index in [0.717, 1.165) is 24.3 Å². The lowest BCUT2D eigenvalue weighted by Crippen LogP contribution is -1.98. The first-order chi connectivity index (χ1) is 7.77. The maximum absolute atomic E-state index is 10.3. The lowest BCUT2D eigenvalue weighted by atomic mass is 10.2. The Balaban J connectivity index is 2.39. The van der Waals surface area contributed by atoms with E-state index in [1.807, 2.05) is 13.0 Å². The number of aryl methyl sites for hydroxylation is 1. The third kappa shape index (κ3) is 4.01. The maximum atomic E-state index is 10.3. The Morgan fingerprint density at radius 1 is 1.25 bits per heavy atom. The molecule has 0 heterocycles. The van der Waals surface area contributed by atoms with Gasteiger partial charge in [0.15, 0.2) is 0 Å². The van der Waals surface area contributed by atoms with Crippen LogP contribution in [0.5, 0.6) is 5.75 Å². The number of benzene rings is 1. The van der Waals surface area contributed by atoms with E-state index in [1.54, 1.807) is 12.1 Å². The summed E-state index contributed by atoms with van der Waals surface area (Å²) in [7, 11) is 0. The van der Waals surface area contributed by atoms with Crippen molar-refractivity contribution in [2.24, 2.45) is 5.18 Å². The lowest BCUT2D eigenvalue weighted by molar-refractivity contribution is 0.303. The summed E-state index contributed by atoms with van der Waals surface area (Å²) in [6.45, 7) is 4.86. The molecule has 0 saturated heterocycles. The second-order valence-electron chi connectivity index (χ2n) is 3.95. The molecule has 0 radical (unpaired) electrons. The van der Waals surface area contributed by atoms with Crippen molar-refractivity contribution in [3.8, 4) is 5.75 Å². The number of hydrogen-bond acceptors (Lipinski definition) is 3. The molecule has 0 aliphatic rings. The van der Waals surface area contributed by atoms with E-state index < -0.39 is 0 Å². The third-order valence-electron chi connectivity index (χ3n) is 2.52. The standard InChI is InChI=1S/C13H19NO2/c1-3-4-5-6-9-16-13-8-7-12(14-15)10-11(13)2/h7-8,10H,3-6,9H2,1-2H3. The fourth-order valence-electron chi connectivity index (χ4n) is 1.56. The zero-order chi connectivity index (χ0) is 11.8. The molecule has 0 spiro atoms. The van der Waals surface area contributed by atoms with Gasteiger partial charge < -0.3 is 4.74 Å². The van der Waals surface area contributed by atoms with Crippen LogP contribution >= 0.6 is 0 Å². The number of nitroso groups, excluding NO2 is 1. The third-order valence-corrected chi connectivity index (χ3v) is 2.52. The Morgan fingerprint density at radius 3 is 2.69 bits per heavy atom. The molecular weight excluding hydrogens is 202 g/mol. The van der Waals surface area contributed by atoms with Crippen LogP contribution in [0.1, 0.15) is 38.2 Å². The number of rotatable bonds is 7. The van der Waals surface area contributed by atoms with E-state index in [2.05, 4.69) is 12.1 Å². The number of unbranched alkanes of at least 4 members (excludes halogenated alkanes) is 3. The van der Waals surface area contributed by atoms with E-state index in [9.17, 15) is 4.91 Å². The van der Waals surface area contributed by atoms with E-state index >= 15 is 0 Å². The SMILES string of the molecule is CCCCCCOc1ccc(N=O)cc1C. The highest BCUT2D eigenvalue weighted by molar-refractivity contribution is 5.46. The predicted octanol–water partition coefficient (Wildman–Crippen LogP) is 4.35. The van der Waals surface area contributed by atoms with E-state index in [0.29, 0.717) is 5.69 Å². The average molecular weight is 221 g/mol. The first-order valence-electron chi connectivity index (χ1n) is 5.84. The van der Waals surface area contributed by atoms with Gasteiger partial charge in [0.05, 0.1) is 6.61 Å². The molecule has 16 heavy (non-hydrogen) atoms. The van der Waals surface area contributed by atoms with Crippen molar-refractivity contribution in [3.05, 3.63) is 28.7 Å². The van der Waals surface area contributed by atoms with E-state index in [1.165, 1.54) is 19.3 Å². The molecular formula is C13H19NO2. The fourth-order valence-corrected chi connectivity index (χ4v) is 1.56. The van der Waals surface area contributed by atoms with Crippen molar-refractivity contribution in [1.29, 1.82) is 0 Å². The Hall–Kier alpha value is -1.38. The molecule has 0 unspecified atom stereocenters. The summed E-state index contributed by atoms with van der Waals surface area (Å²) in [4.78, 5) is 10.3. The van der Waals surface area contributed by atoms with Gasteiger partial charge in [-0.05, 0) is 42.3 Å². The molecule has 1 aromatic rings. The summed E-state index contributed by atoms with van der Waals surface area (Å²) in [5.74, 6) is 0.851. The minimum Gasteiger partial charge on any atom is -0.493 e. The van der Waals surface area contributed by atoms with Crippen molar-refractivity contribution in [2.75, 3.05) is 6.61 Å². The van der Waals surface area contributed by atoms with Gasteiger partial charge in [-0.15, -0.1) is 4.91 Å². The van der Waals surface area contributed by atoms with Crippen molar-refractivity contribution in [3.63, 3.8) is 0 Å². The first kappa shape index (κ1) is 12.7. The number of nitrogens with zero attached hydrogens (tertiary/aromatic N) is 1. The van der Waals surface area contributed by atoms with Gasteiger partial charge in [-0.25, -0.2) is 0 Å². The van der Waals surface area contributed by atoms with Gasteiger partial charge in [-0.1, -0.05) is 26.2 Å². The van der Waals surface area contributed by atoms with Gasteiger partial charge in [0.1, 0.15) is 11.4 Å². The van der Waals surface area contributed by atoms with E-state index in [-0.39, 0.29) is 0 Å². The summed E-state index contributed by atoms with van der Waals surface area (Å²) in [6.07, 6.45) is 4.79. The van der Waals surface area contributed by atoms with Crippen molar-refractivity contribution in [1.82, 2.24) is 0 Å². The van der Waals surface area contributed by atoms with Crippen LogP contribution in [0.25, 0.3) is 0 Å². The molecule has 0 aliphatic carbocycles. The molecule has 0 amide bonds. The highest BCUT2D eigenvalue weighted by atomic mass is 16.5. The molecule has 88 valence electrons. The molecule has 0 fully saturated rings. The largest absolute Gasteiger partial charge is 0.493 e. The van der Waals surface area contributed by atoms with Crippen LogP contribution in [0.3, 0.4) is 0 Å². The summed E-state index contributed by atoms with van der Waals surface area (Å²) < 4.78 is 5.64. The normalized spacial score (nSPS) is 10.1. The highest BCUT2D eigenvalue weighted by Crippen LogP contribution is 2.23. The van der Waals surface area contributed by atoms with Crippen LogP contribution in [0, 0.1) is 11.8 Å².